The summed E-state index contributed by atoms with van der Waals surface area (Å²) in [4.78, 5) is 0. The second-order valence-corrected chi connectivity index (χ2v) is 3.25. The highest BCUT2D eigenvalue weighted by atomic mass is 79.9. The van der Waals surface area contributed by atoms with E-state index in [1.165, 1.54) is 24.3 Å². The number of rotatable bonds is 2. The number of nitrogens with two attached hydrogens (primary N) is 1. The van der Waals surface area contributed by atoms with E-state index in [4.69, 9.17) is 5.73 Å². The van der Waals surface area contributed by atoms with Crippen LogP contribution in [-0.2, 0) is 0 Å². The summed E-state index contributed by atoms with van der Waals surface area (Å²) in [5.41, 5.74) is 5.10. The summed E-state index contributed by atoms with van der Waals surface area (Å²) in [5.74, 6) is -1.20. The molecule has 0 atom stereocenters. The molecule has 70 valence electrons. The Morgan fingerprint density at radius 3 is 2.69 bits per heavy atom. The quantitative estimate of drug-likeness (QED) is 0.800. The lowest BCUT2D eigenvalue weighted by atomic mass is 10.2. The van der Waals surface area contributed by atoms with Gasteiger partial charge in [0.05, 0.1) is 4.47 Å². The van der Waals surface area contributed by atoms with Crippen LogP contribution in [-0.4, -0.2) is 6.54 Å². The predicted octanol–water partition coefficient (Wildman–Crippen LogP) is 2.70. The maximum atomic E-state index is 13.2. The van der Waals surface area contributed by atoms with Gasteiger partial charge in [0.2, 0.25) is 0 Å². The van der Waals surface area contributed by atoms with E-state index >= 15 is 0 Å². The number of halogens is 3. The normalized spacial score (nSPS) is 11.1. The van der Waals surface area contributed by atoms with Crippen LogP contribution in [0.3, 0.4) is 0 Å². The van der Waals surface area contributed by atoms with Gasteiger partial charge in [-0.1, -0.05) is 12.2 Å². The molecular formula is C9H8BrF2N. The molecule has 0 amide bonds. The first-order valence-electron chi connectivity index (χ1n) is 3.67. The Bertz CT molecular complexity index is 337. The van der Waals surface area contributed by atoms with Gasteiger partial charge in [0.25, 0.3) is 0 Å². The van der Waals surface area contributed by atoms with Crippen molar-refractivity contribution in [1.82, 2.24) is 0 Å². The minimum absolute atomic E-state index is 0.0696. The Labute approximate surface area is 83.4 Å². The third kappa shape index (κ3) is 2.35. The number of hydrogen-bond acceptors (Lipinski definition) is 1. The molecule has 0 saturated carbocycles. The van der Waals surface area contributed by atoms with Gasteiger partial charge in [-0.05, 0) is 28.1 Å². The molecule has 0 radical (unpaired) electrons. The second kappa shape index (κ2) is 4.48. The first-order chi connectivity index (χ1) is 6.16. The molecule has 0 aliphatic rings. The fourth-order valence-electron chi connectivity index (χ4n) is 0.881. The Balaban J connectivity index is 3.17. The van der Waals surface area contributed by atoms with E-state index in [-0.39, 0.29) is 16.6 Å². The molecule has 0 aliphatic heterocycles. The lowest BCUT2D eigenvalue weighted by Gasteiger charge is -2.00. The highest BCUT2D eigenvalue weighted by Gasteiger charge is 2.08. The highest BCUT2D eigenvalue weighted by molar-refractivity contribution is 9.10. The maximum Gasteiger partial charge on any atom is 0.147 e. The lowest BCUT2D eigenvalue weighted by Crippen LogP contribution is -1.94. The van der Waals surface area contributed by atoms with Crippen LogP contribution in [0, 0.1) is 11.6 Å². The van der Waals surface area contributed by atoms with E-state index in [9.17, 15) is 8.78 Å². The second-order valence-electron chi connectivity index (χ2n) is 2.39. The minimum Gasteiger partial charge on any atom is -0.327 e. The third-order valence-corrected chi connectivity index (χ3v) is 2.11. The number of hydrogen-bond donors (Lipinski definition) is 1. The summed E-state index contributed by atoms with van der Waals surface area (Å²) in [6, 6.07) is 2.52. The molecule has 13 heavy (non-hydrogen) atoms. The molecule has 2 N–H and O–H groups in total. The zero-order chi connectivity index (χ0) is 9.84. The summed E-state index contributed by atoms with van der Waals surface area (Å²) < 4.78 is 26.4. The van der Waals surface area contributed by atoms with Gasteiger partial charge in [-0.15, -0.1) is 0 Å². The van der Waals surface area contributed by atoms with Crippen molar-refractivity contribution in [3.05, 3.63) is 39.9 Å². The zero-order valence-corrected chi connectivity index (χ0v) is 8.31. The van der Waals surface area contributed by atoms with Gasteiger partial charge in [-0.25, -0.2) is 8.78 Å². The standard InChI is InChI=1S/C9H8BrF2N/c10-7-3-4-8(11)6(9(7)12)2-1-5-13/h1-4H,5,13H2. The average molecular weight is 248 g/mol. The molecule has 0 aliphatic carbocycles. The Morgan fingerprint density at radius 1 is 1.38 bits per heavy atom. The van der Waals surface area contributed by atoms with Gasteiger partial charge in [-0.3, -0.25) is 0 Å². The number of benzene rings is 1. The summed E-state index contributed by atoms with van der Waals surface area (Å²) >= 11 is 2.97. The fraction of sp³-hybridized carbons (Fsp3) is 0.111. The molecule has 0 heterocycles. The van der Waals surface area contributed by atoms with Crippen molar-refractivity contribution >= 4 is 22.0 Å². The molecule has 4 heteroatoms. The summed E-state index contributed by atoms with van der Waals surface area (Å²) in [6.07, 6.45) is 2.82. The van der Waals surface area contributed by atoms with Crippen LogP contribution in [0.15, 0.2) is 22.7 Å². The average Bonchev–Trinajstić information content (AvgIpc) is 2.12. The van der Waals surface area contributed by atoms with Crippen molar-refractivity contribution in [2.45, 2.75) is 0 Å². The van der Waals surface area contributed by atoms with E-state index in [0.717, 1.165) is 0 Å². The van der Waals surface area contributed by atoms with Gasteiger partial charge < -0.3 is 5.73 Å². The van der Waals surface area contributed by atoms with Gasteiger partial charge in [0.1, 0.15) is 11.6 Å². The summed E-state index contributed by atoms with van der Waals surface area (Å²) in [6.45, 7) is 0.255. The largest absolute Gasteiger partial charge is 0.327 e. The van der Waals surface area contributed by atoms with Gasteiger partial charge in [0.15, 0.2) is 0 Å². The van der Waals surface area contributed by atoms with E-state index in [0.29, 0.717) is 0 Å². The topological polar surface area (TPSA) is 26.0 Å². The minimum atomic E-state index is -0.607. The monoisotopic (exact) mass is 247 g/mol. The van der Waals surface area contributed by atoms with Crippen molar-refractivity contribution in [1.29, 1.82) is 0 Å². The van der Waals surface area contributed by atoms with Crippen LogP contribution in [0.2, 0.25) is 0 Å². The summed E-state index contributed by atoms with van der Waals surface area (Å²) in [7, 11) is 0. The van der Waals surface area contributed by atoms with Crippen LogP contribution in [0.25, 0.3) is 6.08 Å². The van der Waals surface area contributed by atoms with Gasteiger partial charge in [0, 0.05) is 12.1 Å². The molecule has 0 fully saturated rings. The lowest BCUT2D eigenvalue weighted by molar-refractivity contribution is 0.574. The van der Waals surface area contributed by atoms with E-state index in [1.54, 1.807) is 0 Å². The van der Waals surface area contributed by atoms with Crippen LogP contribution >= 0.6 is 15.9 Å². The van der Waals surface area contributed by atoms with Gasteiger partial charge in [-0.2, -0.15) is 0 Å². The van der Waals surface area contributed by atoms with E-state index in [2.05, 4.69) is 15.9 Å². The van der Waals surface area contributed by atoms with Crippen molar-refractivity contribution in [3.8, 4) is 0 Å². The fourth-order valence-corrected chi connectivity index (χ4v) is 1.23. The molecule has 1 nitrogen and oxygen atoms in total. The molecular weight excluding hydrogens is 240 g/mol. The Kier molecular flexibility index (Phi) is 3.57. The van der Waals surface area contributed by atoms with Crippen LogP contribution in [0.1, 0.15) is 5.56 Å². The van der Waals surface area contributed by atoms with Crippen molar-refractivity contribution in [3.63, 3.8) is 0 Å². The van der Waals surface area contributed by atoms with Gasteiger partial charge >= 0.3 is 0 Å². The molecule has 0 spiro atoms. The Morgan fingerprint density at radius 2 is 2.08 bits per heavy atom. The predicted molar refractivity (Wildman–Crippen MR) is 52.1 cm³/mol. The molecule has 0 saturated heterocycles. The molecule has 1 rings (SSSR count). The SMILES string of the molecule is NCC=Cc1c(F)ccc(Br)c1F. The molecule has 0 bridgehead atoms. The molecule has 0 aromatic heterocycles. The van der Waals surface area contributed by atoms with Crippen LogP contribution < -0.4 is 5.73 Å². The smallest absolute Gasteiger partial charge is 0.147 e. The van der Waals surface area contributed by atoms with Crippen LogP contribution in [0.5, 0.6) is 0 Å². The molecule has 1 aromatic rings. The molecule has 1 aromatic carbocycles. The van der Waals surface area contributed by atoms with Crippen molar-refractivity contribution in [2.75, 3.05) is 6.54 Å². The highest BCUT2D eigenvalue weighted by Crippen LogP contribution is 2.22. The van der Waals surface area contributed by atoms with E-state index in [1.807, 2.05) is 0 Å². The Hall–Kier alpha value is -0.740. The molecule has 0 unspecified atom stereocenters. The maximum absolute atomic E-state index is 13.2. The first-order valence-corrected chi connectivity index (χ1v) is 4.46. The van der Waals surface area contributed by atoms with Crippen LogP contribution in [0.4, 0.5) is 8.78 Å². The summed E-state index contributed by atoms with van der Waals surface area (Å²) in [5, 5.41) is 0. The van der Waals surface area contributed by atoms with Crippen molar-refractivity contribution in [2.24, 2.45) is 5.73 Å². The third-order valence-electron chi connectivity index (χ3n) is 1.50. The first kappa shape index (κ1) is 10.3. The van der Waals surface area contributed by atoms with E-state index < -0.39 is 11.6 Å². The van der Waals surface area contributed by atoms with Crippen molar-refractivity contribution < 1.29 is 8.78 Å². The zero-order valence-electron chi connectivity index (χ0n) is 6.73.